The Labute approximate surface area is 299 Å². The maximum absolute atomic E-state index is 13.0. The molecule has 1 aromatic carbocycles. The van der Waals surface area contributed by atoms with Crippen LogP contribution < -0.4 is 5.32 Å². The van der Waals surface area contributed by atoms with E-state index < -0.39 is 0 Å². The molecule has 2 aliphatic carbocycles. The molecule has 6 unspecified atom stereocenters. The highest BCUT2D eigenvalue weighted by Gasteiger charge is 2.54. The Morgan fingerprint density at radius 3 is 2.65 bits per heavy atom. The molecule has 1 amide bonds. The number of carbonyl (C=O) groups excluding carboxylic acids is 1. The molecule has 8 nitrogen and oxygen atoms in total. The largest absolute Gasteiger partial charge is 0.348 e. The van der Waals surface area contributed by atoms with Crippen molar-refractivity contribution in [3.05, 3.63) is 42.0 Å². The van der Waals surface area contributed by atoms with Crippen molar-refractivity contribution >= 4 is 17.7 Å². The van der Waals surface area contributed by atoms with Crippen molar-refractivity contribution < 1.29 is 9.53 Å². The minimum atomic E-state index is -0.135. The molecule has 4 aliphatic heterocycles. The molecule has 268 valence electrons. The summed E-state index contributed by atoms with van der Waals surface area (Å²) in [6.07, 6.45) is 19.3. The van der Waals surface area contributed by atoms with Crippen molar-refractivity contribution in [2.45, 2.75) is 150 Å². The minimum absolute atomic E-state index is 0.0497. The molecule has 5 fully saturated rings. The molecule has 1 spiro atoms. The minimum Gasteiger partial charge on any atom is -0.348 e. The number of benzene rings is 1. The van der Waals surface area contributed by atoms with Gasteiger partial charge in [0.2, 0.25) is 5.91 Å². The third-order valence-electron chi connectivity index (χ3n) is 13.1. The van der Waals surface area contributed by atoms with Crippen molar-refractivity contribution in [2.75, 3.05) is 39.8 Å². The molecule has 1 aromatic rings. The zero-order chi connectivity index (χ0) is 34.0. The van der Waals surface area contributed by atoms with E-state index in [1.54, 1.807) is 0 Å². The second-order valence-corrected chi connectivity index (χ2v) is 17.6. The van der Waals surface area contributed by atoms with Gasteiger partial charge >= 0.3 is 0 Å². The molecular formula is C40H60N6O2S. The van der Waals surface area contributed by atoms with Gasteiger partial charge in [-0.2, -0.15) is 5.26 Å². The molecule has 3 saturated heterocycles. The number of nitriles is 1. The highest BCUT2D eigenvalue weighted by molar-refractivity contribution is 8.00. The molecule has 49 heavy (non-hydrogen) atoms. The van der Waals surface area contributed by atoms with Gasteiger partial charge in [-0.25, -0.2) is 4.90 Å². The van der Waals surface area contributed by atoms with Crippen LogP contribution in [0.25, 0.3) is 0 Å². The van der Waals surface area contributed by atoms with E-state index in [9.17, 15) is 10.1 Å². The molecule has 0 aromatic heterocycles. The van der Waals surface area contributed by atoms with Gasteiger partial charge in [0.25, 0.3) is 0 Å². The summed E-state index contributed by atoms with van der Waals surface area (Å²) >= 11 is 2.18. The predicted octanol–water partition coefficient (Wildman–Crippen LogP) is 6.29. The maximum atomic E-state index is 13.0. The first kappa shape index (κ1) is 35.5. The fraction of sp³-hybridized carbons (Fsp3) is 0.750. The van der Waals surface area contributed by atoms with E-state index in [-0.39, 0.29) is 29.2 Å². The zero-order valence-electron chi connectivity index (χ0n) is 30.2. The number of piperazine rings is 1. The number of likely N-dealkylation sites (N-methyl/N-ethyl adjacent to an activating group) is 1. The Morgan fingerprint density at radius 1 is 1.08 bits per heavy atom. The van der Waals surface area contributed by atoms with Crippen LogP contribution in [0.4, 0.5) is 0 Å². The number of aryl methyl sites for hydroxylation is 2. The predicted molar refractivity (Wildman–Crippen MR) is 197 cm³/mol. The topological polar surface area (TPSA) is 75.1 Å². The van der Waals surface area contributed by atoms with Gasteiger partial charge in [-0.3, -0.25) is 15.0 Å². The van der Waals surface area contributed by atoms with Crippen LogP contribution in [-0.2, 0) is 16.0 Å². The molecule has 2 saturated carbocycles. The van der Waals surface area contributed by atoms with Crippen LogP contribution in [-0.4, -0.2) is 107 Å². The molecule has 0 radical (unpaired) electrons. The van der Waals surface area contributed by atoms with Crippen molar-refractivity contribution in [2.24, 2.45) is 5.92 Å². The lowest BCUT2D eigenvalue weighted by atomic mass is 9.72. The molecule has 9 heteroatoms. The fourth-order valence-electron chi connectivity index (χ4n) is 10.4. The quantitative estimate of drug-likeness (QED) is 0.335. The number of thioether (sulfide) groups is 1. The number of nitrogens with one attached hydrogen (secondary N) is 1. The summed E-state index contributed by atoms with van der Waals surface area (Å²) in [7, 11) is 2.26. The summed E-state index contributed by atoms with van der Waals surface area (Å²) in [4.78, 5) is 24.4. The van der Waals surface area contributed by atoms with E-state index in [0.29, 0.717) is 37.0 Å². The first-order valence-electron chi connectivity index (χ1n) is 19.6. The first-order chi connectivity index (χ1) is 23.9. The van der Waals surface area contributed by atoms with Crippen LogP contribution in [0.15, 0.2) is 35.7 Å². The first-order valence-corrected chi connectivity index (χ1v) is 20.4. The van der Waals surface area contributed by atoms with Gasteiger partial charge in [0.1, 0.15) is 0 Å². The lowest BCUT2D eigenvalue weighted by molar-refractivity contribution is -0.215. The van der Waals surface area contributed by atoms with Gasteiger partial charge in [0, 0.05) is 53.3 Å². The number of carbonyl (C=O) groups is 1. The average Bonchev–Trinajstić information content (AvgIpc) is 3.51. The second kappa shape index (κ2) is 15.8. The van der Waals surface area contributed by atoms with E-state index in [0.717, 1.165) is 32.7 Å². The van der Waals surface area contributed by atoms with E-state index in [1.807, 2.05) is 4.90 Å². The molecular weight excluding hydrogens is 629 g/mol. The standard InChI is InChI=1S/C40H60N6O2S/c1-4-36(47)45-25-24-44(27-32(45)19-22-41)38-34-18-21-40(20-17-30-13-10-12-29(2)37(30)49-40)26-35(34)42-39(48-28-33-16-11-23-43(33)3)46(38)31-14-8-6-5-7-9-15-31/h4,10,12-13,31-35,38-39,42H,1,5-9,11,14-21,23-28H2,2-3H3/t32?,33?,34?,35?,38?,39?,40-/m0/s1. The van der Waals surface area contributed by atoms with Crippen LogP contribution in [0.1, 0.15) is 101 Å². The molecule has 0 bridgehead atoms. The molecule has 1 N–H and O–H groups in total. The number of likely N-dealkylation sites (tertiary alicyclic amines) is 1. The number of hydrogen-bond acceptors (Lipinski definition) is 8. The van der Waals surface area contributed by atoms with Crippen LogP contribution in [0.3, 0.4) is 0 Å². The van der Waals surface area contributed by atoms with Crippen molar-refractivity contribution in [1.29, 1.82) is 5.26 Å². The van der Waals surface area contributed by atoms with Crippen LogP contribution in [0.5, 0.6) is 0 Å². The van der Waals surface area contributed by atoms with Crippen molar-refractivity contribution in [1.82, 2.24) is 24.9 Å². The Bertz CT molecular complexity index is 1360. The van der Waals surface area contributed by atoms with Crippen LogP contribution in [0.2, 0.25) is 0 Å². The van der Waals surface area contributed by atoms with Crippen molar-refractivity contribution in [3.8, 4) is 6.07 Å². The number of rotatable bonds is 7. The van der Waals surface area contributed by atoms with Gasteiger partial charge in [-0.1, -0.05) is 56.9 Å². The van der Waals surface area contributed by atoms with E-state index >= 15 is 0 Å². The third kappa shape index (κ3) is 7.52. The summed E-state index contributed by atoms with van der Waals surface area (Å²) in [6, 6.07) is 10.4. The van der Waals surface area contributed by atoms with E-state index in [4.69, 9.17) is 4.74 Å². The molecule has 4 heterocycles. The fourth-order valence-corrected chi connectivity index (χ4v) is 12.0. The second-order valence-electron chi connectivity index (χ2n) is 16.1. The highest BCUT2D eigenvalue weighted by atomic mass is 32.2. The van der Waals surface area contributed by atoms with Gasteiger partial charge in [0.05, 0.1) is 31.3 Å². The van der Waals surface area contributed by atoms with Gasteiger partial charge in [-0.15, -0.1) is 11.8 Å². The maximum Gasteiger partial charge on any atom is 0.246 e. The molecule has 7 rings (SSSR count). The third-order valence-corrected chi connectivity index (χ3v) is 14.9. The van der Waals surface area contributed by atoms with Crippen LogP contribution >= 0.6 is 11.8 Å². The number of ether oxygens (including phenoxy) is 1. The highest BCUT2D eigenvalue weighted by Crippen LogP contribution is 2.55. The summed E-state index contributed by atoms with van der Waals surface area (Å²) in [5.41, 5.74) is 2.95. The Morgan fingerprint density at radius 2 is 1.90 bits per heavy atom. The summed E-state index contributed by atoms with van der Waals surface area (Å²) in [5, 5.41) is 14.1. The number of nitrogens with zero attached hydrogens (tertiary/aromatic N) is 5. The van der Waals surface area contributed by atoms with Gasteiger partial charge < -0.3 is 14.5 Å². The summed E-state index contributed by atoms with van der Waals surface area (Å²) in [6.45, 7) is 10.2. The van der Waals surface area contributed by atoms with E-state index in [2.05, 4.69) is 76.6 Å². The number of fused-ring (bicyclic) bond motifs is 2. The van der Waals surface area contributed by atoms with Crippen molar-refractivity contribution in [3.63, 3.8) is 0 Å². The molecule has 7 atom stereocenters. The Hall–Kier alpha value is -1.93. The average molecular weight is 689 g/mol. The van der Waals surface area contributed by atoms with Gasteiger partial charge in [-0.05, 0) is 95.5 Å². The zero-order valence-corrected chi connectivity index (χ0v) is 31.0. The SMILES string of the molecule is C=CC(=O)N1CCN(C2C3CC[C@@]4(CCc5cccc(C)c5S4)CC3NC(OCC3CCCN3C)N2C2CCCCCCC2)CC1CC#N. The smallest absolute Gasteiger partial charge is 0.246 e. The number of amides is 1. The lowest BCUT2D eigenvalue weighted by Gasteiger charge is -2.61. The van der Waals surface area contributed by atoms with Crippen LogP contribution in [0, 0.1) is 24.2 Å². The van der Waals surface area contributed by atoms with E-state index in [1.165, 1.54) is 106 Å². The number of hydrogen-bond donors (Lipinski definition) is 1. The summed E-state index contributed by atoms with van der Waals surface area (Å²) in [5.74, 6) is 0.416. The Balaban J connectivity index is 1.22. The summed E-state index contributed by atoms with van der Waals surface area (Å²) < 4.78 is 7.40. The monoisotopic (exact) mass is 688 g/mol. The Kier molecular flexibility index (Phi) is 11.4. The normalized spacial score (nSPS) is 35.2. The van der Waals surface area contributed by atoms with Gasteiger partial charge in [0.15, 0.2) is 6.35 Å². The molecule has 6 aliphatic rings. The lowest BCUT2D eigenvalue weighted by Crippen LogP contribution is -2.75.